The summed E-state index contributed by atoms with van der Waals surface area (Å²) in [6.45, 7) is 7.62. The standard InChI is InChI=1S/C25H36N4O3/c1-6-26-25(27-16-18(2)23-9-7-8-10-24(23)32-5)28-19-11-12-29(17-19)20-13-21(30-3)15-22(14-20)31-4/h7-10,13-15,18-19H,6,11-12,16-17H2,1-5H3,(H2,26,27,28). The number of rotatable bonds is 9. The predicted molar refractivity (Wildman–Crippen MR) is 131 cm³/mol. The molecule has 2 unspecified atom stereocenters. The molecular weight excluding hydrogens is 404 g/mol. The lowest BCUT2D eigenvalue weighted by Crippen LogP contribution is -2.44. The number of nitrogens with one attached hydrogen (secondary N) is 2. The first-order valence-electron chi connectivity index (χ1n) is 11.2. The van der Waals surface area contributed by atoms with Gasteiger partial charge in [0.2, 0.25) is 0 Å². The van der Waals surface area contributed by atoms with Crippen LogP contribution in [0.15, 0.2) is 47.5 Å². The van der Waals surface area contributed by atoms with Gasteiger partial charge in [0.05, 0.1) is 21.3 Å². The van der Waals surface area contributed by atoms with Crippen LogP contribution in [0.3, 0.4) is 0 Å². The van der Waals surface area contributed by atoms with Crippen molar-refractivity contribution >= 4 is 11.6 Å². The minimum absolute atomic E-state index is 0.255. The number of anilines is 1. The van der Waals surface area contributed by atoms with Crippen molar-refractivity contribution in [3.05, 3.63) is 48.0 Å². The molecule has 1 heterocycles. The Morgan fingerprint density at radius 2 is 1.81 bits per heavy atom. The van der Waals surface area contributed by atoms with Crippen molar-refractivity contribution in [1.29, 1.82) is 0 Å². The van der Waals surface area contributed by atoms with Crippen molar-refractivity contribution in [2.24, 2.45) is 4.99 Å². The average molecular weight is 441 g/mol. The minimum Gasteiger partial charge on any atom is -0.497 e. The lowest BCUT2D eigenvalue weighted by Gasteiger charge is -2.22. The van der Waals surface area contributed by atoms with E-state index < -0.39 is 0 Å². The molecule has 0 bridgehead atoms. The second-order valence-electron chi connectivity index (χ2n) is 8.01. The second kappa shape index (κ2) is 11.5. The van der Waals surface area contributed by atoms with Crippen molar-refractivity contribution in [1.82, 2.24) is 10.6 Å². The van der Waals surface area contributed by atoms with Crippen molar-refractivity contribution in [2.45, 2.75) is 32.2 Å². The zero-order valence-corrected chi connectivity index (χ0v) is 19.9. The summed E-state index contributed by atoms with van der Waals surface area (Å²) in [6, 6.07) is 14.5. The van der Waals surface area contributed by atoms with Gasteiger partial charge < -0.3 is 29.7 Å². The van der Waals surface area contributed by atoms with E-state index in [9.17, 15) is 0 Å². The maximum absolute atomic E-state index is 5.51. The van der Waals surface area contributed by atoms with Crippen LogP contribution in [-0.2, 0) is 0 Å². The number of para-hydroxylation sites is 1. The number of hydrogen-bond donors (Lipinski definition) is 2. The Morgan fingerprint density at radius 1 is 1.09 bits per heavy atom. The first kappa shape index (κ1) is 23.6. The van der Waals surface area contributed by atoms with E-state index in [1.54, 1.807) is 21.3 Å². The lowest BCUT2D eigenvalue weighted by molar-refractivity contribution is 0.394. The van der Waals surface area contributed by atoms with E-state index in [0.717, 1.165) is 55.0 Å². The molecule has 0 radical (unpaired) electrons. The van der Waals surface area contributed by atoms with E-state index in [2.05, 4.69) is 47.6 Å². The summed E-state index contributed by atoms with van der Waals surface area (Å²) in [5.41, 5.74) is 2.28. The molecule has 2 aromatic carbocycles. The first-order valence-corrected chi connectivity index (χ1v) is 11.2. The van der Waals surface area contributed by atoms with E-state index in [1.165, 1.54) is 5.56 Å². The lowest BCUT2D eigenvalue weighted by atomic mass is 10.0. The van der Waals surface area contributed by atoms with Crippen molar-refractivity contribution in [3.63, 3.8) is 0 Å². The predicted octanol–water partition coefficient (Wildman–Crippen LogP) is 3.65. The average Bonchev–Trinajstić information content (AvgIpc) is 3.30. The van der Waals surface area contributed by atoms with Crippen LogP contribution in [0.2, 0.25) is 0 Å². The highest BCUT2D eigenvalue weighted by Gasteiger charge is 2.24. The highest BCUT2D eigenvalue weighted by Crippen LogP contribution is 2.30. The molecule has 0 aliphatic carbocycles. The summed E-state index contributed by atoms with van der Waals surface area (Å²) in [7, 11) is 5.07. The van der Waals surface area contributed by atoms with Crippen LogP contribution in [0, 0.1) is 0 Å². The van der Waals surface area contributed by atoms with Gasteiger partial charge in [-0.15, -0.1) is 0 Å². The molecule has 3 rings (SSSR count). The van der Waals surface area contributed by atoms with Gasteiger partial charge in [-0.05, 0) is 25.0 Å². The molecule has 1 aliphatic rings. The molecule has 1 aliphatic heterocycles. The fraction of sp³-hybridized carbons (Fsp3) is 0.480. The Labute approximate surface area is 191 Å². The number of aliphatic imine (C=N–C) groups is 1. The van der Waals surface area contributed by atoms with Crippen molar-refractivity contribution in [3.8, 4) is 17.2 Å². The van der Waals surface area contributed by atoms with E-state index in [4.69, 9.17) is 19.2 Å². The van der Waals surface area contributed by atoms with Gasteiger partial charge in [0.15, 0.2) is 5.96 Å². The smallest absolute Gasteiger partial charge is 0.191 e. The summed E-state index contributed by atoms with van der Waals surface area (Å²) in [6.07, 6.45) is 1.03. The molecule has 174 valence electrons. The maximum Gasteiger partial charge on any atom is 0.191 e. The molecule has 0 spiro atoms. The van der Waals surface area contributed by atoms with Gasteiger partial charge in [0.1, 0.15) is 17.2 Å². The number of benzene rings is 2. The van der Waals surface area contributed by atoms with Gasteiger partial charge >= 0.3 is 0 Å². The highest BCUT2D eigenvalue weighted by molar-refractivity contribution is 5.80. The number of methoxy groups -OCH3 is 3. The van der Waals surface area contributed by atoms with Crippen molar-refractivity contribution < 1.29 is 14.2 Å². The Bertz CT molecular complexity index is 880. The normalized spacial score (nSPS) is 17.1. The van der Waals surface area contributed by atoms with Crippen LogP contribution in [-0.4, -0.2) is 59.5 Å². The Morgan fingerprint density at radius 3 is 2.47 bits per heavy atom. The third kappa shape index (κ3) is 5.99. The quantitative estimate of drug-likeness (QED) is 0.458. The zero-order chi connectivity index (χ0) is 22.9. The molecule has 2 aromatic rings. The van der Waals surface area contributed by atoms with Crippen LogP contribution >= 0.6 is 0 Å². The molecule has 0 aromatic heterocycles. The van der Waals surface area contributed by atoms with Gasteiger partial charge in [-0.2, -0.15) is 0 Å². The second-order valence-corrected chi connectivity index (χ2v) is 8.01. The van der Waals surface area contributed by atoms with Crippen LogP contribution in [0.5, 0.6) is 17.2 Å². The third-order valence-corrected chi connectivity index (χ3v) is 5.77. The van der Waals surface area contributed by atoms with Crippen LogP contribution in [0.25, 0.3) is 0 Å². The van der Waals surface area contributed by atoms with E-state index in [-0.39, 0.29) is 5.92 Å². The van der Waals surface area contributed by atoms with Gasteiger partial charge in [-0.1, -0.05) is 25.1 Å². The molecule has 1 saturated heterocycles. The summed E-state index contributed by atoms with van der Waals surface area (Å²) in [4.78, 5) is 7.21. The fourth-order valence-corrected chi connectivity index (χ4v) is 4.00. The molecule has 7 heteroatoms. The minimum atomic E-state index is 0.255. The van der Waals surface area contributed by atoms with E-state index in [1.807, 2.05) is 24.3 Å². The summed E-state index contributed by atoms with van der Waals surface area (Å²) >= 11 is 0. The highest BCUT2D eigenvalue weighted by atomic mass is 16.5. The third-order valence-electron chi connectivity index (χ3n) is 5.77. The first-order chi connectivity index (χ1) is 15.6. The molecule has 7 nitrogen and oxygen atoms in total. The molecule has 1 fully saturated rings. The number of nitrogens with zero attached hydrogens (tertiary/aromatic N) is 2. The molecule has 0 amide bonds. The Hall–Kier alpha value is -3.09. The van der Waals surface area contributed by atoms with Crippen molar-refractivity contribution in [2.75, 3.05) is 52.4 Å². The topological polar surface area (TPSA) is 67.4 Å². The van der Waals surface area contributed by atoms with E-state index in [0.29, 0.717) is 12.6 Å². The maximum atomic E-state index is 5.51. The largest absolute Gasteiger partial charge is 0.497 e. The monoisotopic (exact) mass is 440 g/mol. The van der Waals surface area contributed by atoms with Crippen LogP contribution in [0.4, 0.5) is 5.69 Å². The van der Waals surface area contributed by atoms with Crippen LogP contribution in [0.1, 0.15) is 31.7 Å². The molecule has 0 saturated carbocycles. The van der Waals surface area contributed by atoms with Gasteiger partial charge in [0, 0.05) is 62.0 Å². The summed E-state index contributed by atoms with van der Waals surface area (Å²) in [5.74, 6) is 3.62. The molecular formula is C25H36N4O3. The molecule has 2 atom stereocenters. The number of ether oxygens (including phenoxy) is 3. The zero-order valence-electron chi connectivity index (χ0n) is 19.9. The Balaban J connectivity index is 1.64. The van der Waals surface area contributed by atoms with Gasteiger partial charge in [-0.25, -0.2) is 0 Å². The summed E-state index contributed by atoms with van der Waals surface area (Å²) in [5, 5.41) is 7.00. The summed E-state index contributed by atoms with van der Waals surface area (Å²) < 4.78 is 16.4. The fourth-order valence-electron chi connectivity index (χ4n) is 4.00. The molecule has 32 heavy (non-hydrogen) atoms. The SMILES string of the molecule is CCNC(=NCC(C)c1ccccc1OC)NC1CCN(c2cc(OC)cc(OC)c2)C1. The van der Waals surface area contributed by atoms with Crippen LogP contribution < -0.4 is 29.7 Å². The number of guanidine groups is 1. The number of hydrogen-bond acceptors (Lipinski definition) is 5. The van der Waals surface area contributed by atoms with Gasteiger partial charge in [-0.3, -0.25) is 4.99 Å². The Kier molecular flexibility index (Phi) is 8.48. The molecule has 2 N–H and O–H groups in total. The van der Waals surface area contributed by atoms with Gasteiger partial charge in [0.25, 0.3) is 0 Å². The van der Waals surface area contributed by atoms with E-state index >= 15 is 0 Å².